The molecule has 0 unspecified atom stereocenters. The Morgan fingerprint density at radius 1 is 1.17 bits per heavy atom. The monoisotopic (exact) mass is 395 g/mol. The molecule has 10 heteroatoms. The number of carbonyl (C=O) groups is 2. The zero-order valence-corrected chi connectivity index (χ0v) is 15.6. The summed E-state index contributed by atoms with van der Waals surface area (Å²) in [7, 11) is 0. The molecule has 0 aliphatic rings. The normalized spacial score (nSPS) is 10.5. The van der Waals surface area contributed by atoms with Crippen LogP contribution in [0, 0.1) is 0 Å². The van der Waals surface area contributed by atoms with Crippen LogP contribution in [0.25, 0.3) is 16.7 Å². The first-order valence-electron chi connectivity index (χ1n) is 9.00. The lowest BCUT2D eigenvalue weighted by molar-refractivity contribution is -0.120. The molecule has 0 aliphatic heterocycles. The van der Waals surface area contributed by atoms with E-state index in [1.54, 1.807) is 10.8 Å². The Morgan fingerprint density at radius 2 is 1.97 bits per heavy atom. The first kappa shape index (κ1) is 19.8. The molecule has 29 heavy (non-hydrogen) atoms. The molecule has 0 bridgehead atoms. The summed E-state index contributed by atoms with van der Waals surface area (Å²) < 4.78 is 1.57. The highest BCUT2D eigenvalue weighted by molar-refractivity contribution is 5.78. The number of urea groups is 1. The number of aromatic amines is 1. The van der Waals surface area contributed by atoms with Gasteiger partial charge in [0.25, 0.3) is 5.56 Å². The predicted octanol–water partition coefficient (Wildman–Crippen LogP) is 0.600. The highest BCUT2D eigenvalue weighted by Gasteiger charge is 2.12. The molecule has 0 spiro atoms. The van der Waals surface area contributed by atoms with Crippen LogP contribution < -0.4 is 21.5 Å². The lowest BCUT2D eigenvalue weighted by Crippen LogP contribution is -2.38. The van der Waals surface area contributed by atoms with Gasteiger partial charge in [-0.1, -0.05) is 24.3 Å². The van der Waals surface area contributed by atoms with Gasteiger partial charge in [0, 0.05) is 19.5 Å². The molecule has 10 nitrogen and oxygen atoms in total. The van der Waals surface area contributed by atoms with Crippen molar-refractivity contribution in [2.24, 2.45) is 0 Å². The molecule has 0 aliphatic carbocycles. The molecular formula is C19H21N7O3. The molecule has 0 saturated heterocycles. The number of nitrogens with one attached hydrogen (secondary N) is 4. The van der Waals surface area contributed by atoms with E-state index in [0.717, 1.165) is 5.69 Å². The summed E-state index contributed by atoms with van der Waals surface area (Å²) in [5.41, 5.74) is 0.830. The van der Waals surface area contributed by atoms with Gasteiger partial charge in [0.15, 0.2) is 5.65 Å². The number of hydrogen-bond acceptors (Lipinski definition) is 5. The topological polar surface area (TPSA) is 134 Å². The van der Waals surface area contributed by atoms with Crippen LogP contribution in [0.5, 0.6) is 0 Å². The maximum atomic E-state index is 12.3. The van der Waals surface area contributed by atoms with Crippen molar-refractivity contribution in [2.75, 3.05) is 13.1 Å². The van der Waals surface area contributed by atoms with Gasteiger partial charge in [-0.2, -0.15) is 5.10 Å². The van der Waals surface area contributed by atoms with Gasteiger partial charge in [-0.3, -0.25) is 9.59 Å². The van der Waals surface area contributed by atoms with Crippen molar-refractivity contribution in [1.29, 1.82) is 0 Å². The Hall–Kier alpha value is -3.95. The number of rotatable bonds is 8. The maximum Gasteiger partial charge on any atom is 0.315 e. The Kier molecular flexibility index (Phi) is 6.36. The van der Waals surface area contributed by atoms with Crippen LogP contribution in [0.2, 0.25) is 0 Å². The summed E-state index contributed by atoms with van der Waals surface area (Å²) in [5, 5.41) is 12.4. The highest BCUT2D eigenvalue weighted by atomic mass is 16.2. The second-order valence-electron chi connectivity index (χ2n) is 6.09. The largest absolute Gasteiger partial charge is 0.353 e. The molecule has 2 heterocycles. The molecule has 0 radical (unpaired) electrons. The first-order valence-corrected chi connectivity index (χ1v) is 9.00. The average molecular weight is 395 g/mol. The Balaban J connectivity index is 1.62. The number of carbonyl (C=O) groups excluding carboxylic acids is 2. The summed E-state index contributed by atoms with van der Waals surface area (Å²) in [5.74, 6) is 0.106. The number of nitrogens with zero attached hydrogens (tertiary/aromatic N) is 3. The molecule has 0 saturated carbocycles. The standard InChI is InChI=1S/C19H21N7O3/c1-2-9-20-16(27)8-10-21-19(29)22-12-15-24-17-14(18(28)25-15)11-23-26(17)13-6-4-3-5-7-13/h2-7,11H,1,8-10,12H2,(H,20,27)(H2,21,22,29)(H,24,25,28). The summed E-state index contributed by atoms with van der Waals surface area (Å²) in [6.45, 7) is 4.08. The fraction of sp³-hybridized carbons (Fsp3) is 0.211. The summed E-state index contributed by atoms with van der Waals surface area (Å²) in [6, 6.07) is 8.84. The lowest BCUT2D eigenvalue weighted by Gasteiger charge is -2.08. The minimum Gasteiger partial charge on any atom is -0.353 e. The second kappa shape index (κ2) is 9.31. The number of benzene rings is 1. The van der Waals surface area contributed by atoms with E-state index in [1.165, 1.54) is 6.20 Å². The molecular weight excluding hydrogens is 374 g/mol. The Bertz CT molecular complexity index is 1070. The van der Waals surface area contributed by atoms with Gasteiger partial charge in [0.2, 0.25) is 5.91 Å². The fourth-order valence-corrected chi connectivity index (χ4v) is 2.60. The zero-order chi connectivity index (χ0) is 20.6. The van der Waals surface area contributed by atoms with Crippen molar-refractivity contribution in [1.82, 2.24) is 35.7 Å². The second-order valence-corrected chi connectivity index (χ2v) is 6.09. The van der Waals surface area contributed by atoms with E-state index in [1.807, 2.05) is 30.3 Å². The third-order valence-corrected chi connectivity index (χ3v) is 3.99. The van der Waals surface area contributed by atoms with E-state index < -0.39 is 6.03 Å². The van der Waals surface area contributed by atoms with Crippen LogP contribution in [0.15, 0.2) is 54.0 Å². The minimum atomic E-state index is -0.471. The Labute approximate surface area is 166 Å². The van der Waals surface area contributed by atoms with Crippen molar-refractivity contribution >= 4 is 23.0 Å². The highest BCUT2D eigenvalue weighted by Crippen LogP contribution is 2.13. The van der Waals surface area contributed by atoms with Crippen molar-refractivity contribution < 1.29 is 9.59 Å². The van der Waals surface area contributed by atoms with E-state index in [2.05, 4.69) is 37.6 Å². The van der Waals surface area contributed by atoms with Crippen molar-refractivity contribution in [3.05, 3.63) is 65.4 Å². The molecule has 1 aromatic carbocycles. The van der Waals surface area contributed by atoms with E-state index in [0.29, 0.717) is 23.4 Å². The summed E-state index contributed by atoms with van der Waals surface area (Å²) in [6.07, 6.45) is 3.18. The lowest BCUT2D eigenvalue weighted by atomic mass is 10.3. The number of para-hydroxylation sites is 1. The van der Waals surface area contributed by atoms with E-state index in [-0.39, 0.29) is 31.0 Å². The predicted molar refractivity (Wildman–Crippen MR) is 108 cm³/mol. The number of hydrogen-bond donors (Lipinski definition) is 4. The van der Waals surface area contributed by atoms with Crippen molar-refractivity contribution in [3.8, 4) is 5.69 Å². The van der Waals surface area contributed by atoms with E-state index in [9.17, 15) is 14.4 Å². The van der Waals surface area contributed by atoms with Crippen LogP contribution in [0.1, 0.15) is 12.2 Å². The molecule has 4 N–H and O–H groups in total. The van der Waals surface area contributed by atoms with Gasteiger partial charge in [-0.05, 0) is 12.1 Å². The van der Waals surface area contributed by atoms with Crippen molar-refractivity contribution in [2.45, 2.75) is 13.0 Å². The fourth-order valence-electron chi connectivity index (χ4n) is 2.60. The van der Waals surface area contributed by atoms with Gasteiger partial charge in [0.1, 0.15) is 11.2 Å². The molecule has 2 aromatic heterocycles. The molecule has 3 rings (SSSR count). The number of aromatic nitrogens is 4. The van der Waals surface area contributed by atoms with Gasteiger partial charge in [-0.25, -0.2) is 14.5 Å². The Morgan fingerprint density at radius 3 is 2.72 bits per heavy atom. The van der Waals surface area contributed by atoms with Gasteiger partial charge in [-0.15, -0.1) is 6.58 Å². The third-order valence-electron chi connectivity index (χ3n) is 3.99. The SMILES string of the molecule is C=CCNC(=O)CCNC(=O)NCc1nc2c(cnn2-c2ccccc2)c(=O)[nH]1. The molecule has 0 fully saturated rings. The summed E-state index contributed by atoms with van der Waals surface area (Å²) >= 11 is 0. The zero-order valence-electron chi connectivity index (χ0n) is 15.6. The number of H-pyrrole nitrogens is 1. The molecule has 3 aromatic rings. The van der Waals surface area contributed by atoms with Crippen molar-refractivity contribution in [3.63, 3.8) is 0 Å². The maximum absolute atomic E-state index is 12.3. The number of amides is 3. The number of fused-ring (bicyclic) bond motifs is 1. The van der Waals surface area contributed by atoms with Crippen LogP contribution in [0.4, 0.5) is 4.79 Å². The van der Waals surface area contributed by atoms with Gasteiger partial charge in [0.05, 0.1) is 18.4 Å². The van der Waals surface area contributed by atoms with Crippen LogP contribution >= 0.6 is 0 Å². The quantitative estimate of drug-likeness (QED) is 0.415. The van der Waals surface area contributed by atoms with E-state index >= 15 is 0 Å². The van der Waals surface area contributed by atoms with E-state index in [4.69, 9.17) is 0 Å². The van der Waals surface area contributed by atoms with Crippen LogP contribution in [0.3, 0.4) is 0 Å². The van der Waals surface area contributed by atoms with Crippen LogP contribution in [-0.2, 0) is 11.3 Å². The molecule has 3 amide bonds. The first-order chi connectivity index (χ1) is 14.1. The van der Waals surface area contributed by atoms with Crippen LogP contribution in [-0.4, -0.2) is 44.8 Å². The van der Waals surface area contributed by atoms with Gasteiger partial charge >= 0.3 is 6.03 Å². The molecule has 0 atom stereocenters. The molecule has 150 valence electrons. The third kappa shape index (κ3) is 5.06. The summed E-state index contributed by atoms with van der Waals surface area (Å²) in [4.78, 5) is 42.7. The minimum absolute atomic E-state index is 0.0135. The van der Waals surface area contributed by atoms with Gasteiger partial charge < -0.3 is 20.9 Å². The smallest absolute Gasteiger partial charge is 0.315 e. The average Bonchev–Trinajstić information content (AvgIpc) is 3.16.